The predicted octanol–water partition coefficient (Wildman–Crippen LogP) is 1.63. The zero-order valence-corrected chi connectivity index (χ0v) is 13.2. The van der Waals surface area contributed by atoms with Gasteiger partial charge in [-0.3, -0.25) is 14.6 Å². The van der Waals surface area contributed by atoms with Gasteiger partial charge in [-0.15, -0.1) is 0 Å². The van der Waals surface area contributed by atoms with Crippen molar-refractivity contribution in [1.82, 2.24) is 14.3 Å². The first kappa shape index (κ1) is 14.2. The number of imide groups is 1. The summed E-state index contributed by atoms with van der Waals surface area (Å²) in [6, 6.07) is 1.50. The summed E-state index contributed by atoms with van der Waals surface area (Å²) in [5, 5.41) is 0. The predicted molar refractivity (Wildman–Crippen MR) is 85.3 cm³/mol. The number of carbonyl (C=O) groups excluding carboxylic acids is 2. The van der Waals surface area contributed by atoms with Crippen molar-refractivity contribution in [3.8, 4) is 0 Å². The Bertz CT molecular complexity index is 821. The maximum atomic E-state index is 12.4. The molecular formula is C16H19N5O2. The van der Waals surface area contributed by atoms with Crippen LogP contribution in [0, 0.1) is 0 Å². The Morgan fingerprint density at radius 2 is 2.04 bits per heavy atom. The molecule has 1 aliphatic heterocycles. The quantitative estimate of drug-likeness (QED) is 0.873. The number of pyridine rings is 1. The zero-order chi connectivity index (χ0) is 16.3. The average Bonchev–Trinajstić information content (AvgIpc) is 3.23. The third-order valence-electron chi connectivity index (χ3n) is 4.56. The molecule has 23 heavy (non-hydrogen) atoms. The van der Waals surface area contributed by atoms with Crippen molar-refractivity contribution in [2.45, 2.75) is 31.7 Å². The summed E-state index contributed by atoms with van der Waals surface area (Å²) in [5.41, 5.74) is 9.24. The SMILES string of the molecule is C[C@@H](N)c1cn2cc(C3CC3)cc(N3CC(=O)N(C)C3=O)c2n1. The fourth-order valence-electron chi connectivity index (χ4n) is 2.96. The van der Waals surface area contributed by atoms with Crippen LogP contribution >= 0.6 is 0 Å². The summed E-state index contributed by atoms with van der Waals surface area (Å²) < 4.78 is 1.93. The van der Waals surface area contributed by atoms with Gasteiger partial charge in [-0.25, -0.2) is 9.78 Å². The van der Waals surface area contributed by atoms with Crippen LogP contribution in [0.25, 0.3) is 5.65 Å². The number of rotatable bonds is 3. The smallest absolute Gasteiger partial charge is 0.323 e. The molecule has 120 valence electrons. The van der Waals surface area contributed by atoms with Crippen LogP contribution in [0.5, 0.6) is 0 Å². The van der Waals surface area contributed by atoms with E-state index in [-0.39, 0.29) is 24.5 Å². The Kier molecular flexibility index (Phi) is 2.96. The minimum absolute atomic E-state index is 0.0550. The molecule has 4 rings (SSSR count). The maximum Gasteiger partial charge on any atom is 0.331 e. The van der Waals surface area contributed by atoms with E-state index >= 15 is 0 Å². The summed E-state index contributed by atoms with van der Waals surface area (Å²) in [5.74, 6) is 0.328. The molecule has 2 N–H and O–H groups in total. The molecule has 3 amide bonds. The van der Waals surface area contributed by atoms with E-state index in [9.17, 15) is 9.59 Å². The number of hydrogen-bond acceptors (Lipinski definition) is 4. The fraction of sp³-hybridized carbons (Fsp3) is 0.438. The number of hydrogen-bond donors (Lipinski definition) is 1. The number of aromatic nitrogens is 2. The lowest BCUT2D eigenvalue weighted by Crippen LogP contribution is -2.30. The van der Waals surface area contributed by atoms with E-state index in [1.807, 2.05) is 23.6 Å². The van der Waals surface area contributed by atoms with Crippen LogP contribution in [0.1, 0.15) is 43.0 Å². The van der Waals surface area contributed by atoms with Crippen molar-refractivity contribution in [2.75, 3.05) is 18.5 Å². The first-order valence-electron chi connectivity index (χ1n) is 7.82. The molecule has 1 saturated carbocycles. The minimum Gasteiger partial charge on any atom is -0.323 e. The molecule has 0 unspecified atom stereocenters. The lowest BCUT2D eigenvalue weighted by Gasteiger charge is -2.17. The van der Waals surface area contributed by atoms with Gasteiger partial charge in [0.2, 0.25) is 5.91 Å². The van der Waals surface area contributed by atoms with Crippen LogP contribution in [0.4, 0.5) is 10.5 Å². The van der Waals surface area contributed by atoms with E-state index in [1.165, 1.54) is 17.5 Å². The highest BCUT2D eigenvalue weighted by Crippen LogP contribution is 2.42. The van der Waals surface area contributed by atoms with Crippen molar-refractivity contribution in [3.05, 3.63) is 29.7 Å². The van der Waals surface area contributed by atoms with Crippen LogP contribution < -0.4 is 10.6 Å². The number of fused-ring (bicyclic) bond motifs is 1. The highest BCUT2D eigenvalue weighted by molar-refractivity contribution is 6.13. The fourth-order valence-corrected chi connectivity index (χ4v) is 2.96. The maximum absolute atomic E-state index is 12.4. The van der Waals surface area contributed by atoms with Crippen LogP contribution in [0.3, 0.4) is 0 Å². The number of imidazole rings is 1. The summed E-state index contributed by atoms with van der Waals surface area (Å²) in [4.78, 5) is 31.5. The van der Waals surface area contributed by atoms with Crippen molar-refractivity contribution in [3.63, 3.8) is 0 Å². The lowest BCUT2D eigenvalue weighted by atomic mass is 10.1. The highest BCUT2D eigenvalue weighted by atomic mass is 16.2. The topological polar surface area (TPSA) is 83.9 Å². The Hall–Kier alpha value is -2.41. The molecule has 7 heteroatoms. The van der Waals surface area contributed by atoms with Crippen molar-refractivity contribution < 1.29 is 9.59 Å². The molecule has 0 aromatic carbocycles. The van der Waals surface area contributed by atoms with Gasteiger partial charge in [0.1, 0.15) is 6.54 Å². The second kappa shape index (κ2) is 4.79. The van der Waals surface area contributed by atoms with Gasteiger partial charge in [0.25, 0.3) is 0 Å². The Balaban J connectivity index is 1.89. The molecule has 7 nitrogen and oxygen atoms in total. The molecule has 2 aliphatic rings. The summed E-state index contributed by atoms with van der Waals surface area (Å²) >= 11 is 0. The van der Waals surface area contributed by atoms with E-state index in [2.05, 4.69) is 11.2 Å². The first-order valence-corrected chi connectivity index (χ1v) is 7.82. The summed E-state index contributed by atoms with van der Waals surface area (Å²) in [7, 11) is 1.51. The van der Waals surface area contributed by atoms with Crippen molar-refractivity contribution in [2.24, 2.45) is 5.73 Å². The van der Waals surface area contributed by atoms with Crippen molar-refractivity contribution >= 4 is 23.3 Å². The van der Waals surface area contributed by atoms with Crippen molar-refractivity contribution in [1.29, 1.82) is 0 Å². The molecule has 0 radical (unpaired) electrons. The second-order valence-electron chi connectivity index (χ2n) is 6.44. The van der Waals surface area contributed by atoms with Gasteiger partial charge in [0.05, 0.1) is 11.4 Å². The zero-order valence-electron chi connectivity index (χ0n) is 13.2. The number of likely N-dealkylation sites (N-methyl/N-ethyl adjacent to an activating group) is 1. The largest absolute Gasteiger partial charge is 0.331 e. The molecule has 2 aromatic heterocycles. The third kappa shape index (κ3) is 2.19. The summed E-state index contributed by atoms with van der Waals surface area (Å²) in [6.45, 7) is 1.93. The van der Waals surface area contributed by atoms with Gasteiger partial charge >= 0.3 is 6.03 Å². The number of amides is 3. The second-order valence-corrected chi connectivity index (χ2v) is 6.44. The van der Waals surface area contributed by atoms with Crippen LogP contribution in [0.2, 0.25) is 0 Å². The molecule has 1 aliphatic carbocycles. The van der Waals surface area contributed by atoms with Gasteiger partial charge in [0, 0.05) is 25.5 Å². The normalized spacial score (nSPS) is 20.0. The molecule has 0 bridgehead atoms. The van der Waals surface area contributed by atoms with Gasteiger partial charge in [-0.2, -0.15) is 0 Å². The van der Waals surface area contributed by atoms with Crippen LogP contribution in [-0.4, -0.2) is 39.8 Å². The third-order valence-corrected chi connectivity index (χ3v) is 4.56. The molecule has 1 saturated heterocycles. The van der Waals surface area contributed by atoms with Gasteiger partial charge in [-0.1, -0.05) is 0 Å². The summed E-state index contributed by atoms with van der Waals surface area (Å²) in [6.07, 6.45) is 6.28. The Morgan fingerprint density at radius 1 is 1.30 bits per heavy atom. The lowest BCUT2D eigenvalue weighted by molar-refractivity contribution is -0.123. The number of nitrogens with zero attached hydrogens (tertiary/aromatic N) is 4. The Labute approximate surface area is 133 Å². The monoisotopic (exact) mass is 313 g/mol. The van der Waals surface area contributed by atoms with E-state index in [0.717, 1.165) is 23.4 Å². The van der Waals surface area contributed by atoms with Crippen LogP contribution in [0.15, 0.2) is 18.5 Å². The number of urea groups is 1. The van der Waals surface area contributed by atoms with E-state index in [0.29, 0.717) is 17.3 Å². The molecule has 2 fully saturated rings. The molecule has 0 spiro atoms. The molecule has 2 aromatic rings. The minimum atomic E-state index is -0.310. The van der Waals surface area contributed by atoms with Crippen LogP contribution in [-0.2, 0) is 4.79 Å². The van der Waals surface area contributed by atoms with Gasteiger partial charge in [-0.05, 0) is 37.3 Å². The van der Waals surface area contributed by atoms with Gasteiger partial charge in [0.15, 0.2) is 5.65 Å². The van der Waals surface area contributed by atoms with E-state index in [4.69, 9.17) is 5.73 Å². The number of anilines is 1. The number of carbonyl (C=O) groups is 2. The molecule has 3 heterocycles. The molecule has 1 atom stereocenters. The van der Waals surface area contributed by atoms with E-state index < -0.39 is 0 Å². The number of nitrogens with two attached hydrogens (primary N) is 1. The first-order chi connectivity index (χ1) is 11.0. The highest BCUT2D eigenvalue weighted by Gasteiger charge is 2.36. The van der Waals surface area contributed by atoms with Gasteiger partial charge < -0.3 is 10.1 Å². The van der Waals surface area contributed by atoms with E-state index in [1.54, 1.807) is 0 Å². The Morgan fingerprint density at radius 3 is 2.61 bits per heavy atom. The molecular weight excluding hydrogens is 294 g/mol. The standard InChI is InChI=1S/C16H19N5O2/c1-9(17)12-7-20-6-11(10-3-4-10)5-13(15(20)18-12)21-8-14(22)19(2)16(21)23/h5-7,9-10H,3-4,8,17H2,1-2H3/t9-/m1/s1. The average molecular weight is 313 g/mol.